The normalized spacial score (nSPS) is 16.4. The highest BCUT2D eigenvalue weighted by molar-refractivity contribution is 5.92. The predicted molar refractivity (Wildman–Crippen MR) is 83.6 cm³/mol. The van der Waals surface area contributed by atoms with Gasteiger partial charge in [0, 0.05) is 37.8 Å². The van der Waals surface area contributed by atoms with E-state index in [-0.39, 0.29) is 5.91 Å². The Labute approximate surface area is 125 Å². The van der Waals surface area contributed by atoms with E-state index < -0.39 is 0 Å². The lowest BCUT2D eigenvalue weighted by molar-refractivity contribution is -0.127. The van der Waals surface area contributed by atoms with Gasteiger partial charge in [0.1, 0.15) is 5.75 Å². The molecule has 0 unspecified atom stereocenters. The second-order valence-electron chi connectivity index (χ2n) is 5.08. The van der Waals surface area contributed by atoms with Crippen molar-refractivity contribution in [3.63, 3.8) is 0 Å². The van der Waals surface area contributed by atoms with Crippen LogP contribution in [0.25, 0.3) is 6.08 Å². The summed E-state index contributed by atoms with van der Waals surface area (Å²) in [4.78, 5) is 14.0. The zero-order valence-corrected chi connectivity index (χ0v) is 12.5. The maximum atomic E-state index is 12.1. The SMILES string of the molecule is CCCOc1ccccc1/C=C/C(=O)N1CCN(N)CC1. The van der Waals surface area contributed by atoms with Crippen LogP contribution in [0.2, 0.25) is 0 Å². The number of benzene rings is 1. The second-order valence-corrected chi connectivity index (χ2v) is 5.08. The van der Waals surface area contributed by atoms with Gasteiger partial charge in [0.25, 0.3) is 0 Å². The Bertz CT molecular complexity index is 494. The van der Waals surface area contributed by atoms with Crippen molar-refractivity contribution in [3.05, 3.63) is 35.9 Å². The molecule has 1 fully saturated rings. The Morgan fingerprint density at radius 2 is 2.00 bits per heavy atom. The molecule has 0 aliphatic carbocycles. The lowest BCUT2D eigenvalue weighted by Crippen LogP contribution is -2.50. The summed E-state index contributed by atoms with van der Waals surface area (Å²) in [6.07, 6.45) is 4.39. The van der Waals surface area contributed by atoms with Crippen molar-refractivity contribution >= 4 is 12.0 Å². The van der Waals surface area contributed by atoms with Crippen molar-refractivity contribution in [3.8, 4) is 5.75 Å². The minimum Gasteiger partial charge on any atom is -0.493 e. The number of piperazine rings is 1. The van der Waals surface area contributed by atoms with Crippen LogP contribution in [0.3, 0.4) is 0 Å². The third-order valence-electron chi connectivity index (χ3n) is 3.41. The van der Waals surface area contributed by atoms with Crippen LogP contribution in [0.1, 0.15) is 18.9 Å². The average Bonchev–Trinajstić information content (AvgIpc) is 2.52. The molecule has 21 heavy (non-hydrogen) atoms. The molecule has 5 nitrogen and oxygen atoms in total. The Kier molecular flexibility index (Phi) is 5.78. The van der Waals surface area contributed by atoms with Gasteiger partial charge in [0.2, 0.25) is 5.91 Å². The smallest absolute Gasteiger partial charge is 0.246 e. The first-order valence-corrected chi connectivity index (χ1v) is 7.39. The highest BCUT2D eigenvalue weighted by Crippen LogP contribution is 2.19. The Morgan fingerprint density at radius 1 is 1.29 bits per heavy atom. The van der Waals surface area contributed by atoms with E-state index in [0.29, 0.717) is 19.7 Å². The molecular weight excluding hydrogens is 266 g/mol. The third-order valence-corrected chi connectivity index (χ3v) is 3.41. The molecule has 2 N–H and O–H groups in total. The Hall–Kier alpha value is -1.85. The molecule has 5 heteroatoms. The summed E-state index contributed by atoms with van der Waals surface area (Å²) < 4.78 is 5.68. The Morgan fingerprint density at radius 3 is 2.71 bits per heavy atom. The third kappa shape index (κ3) is 4.58. The first-order chi connectivity index (χ1) is 10.2. The predicted octanol–water partition coefficient (Wildman–Crippen LogP) is 1.51. The number of rotatable bonds is 5. The van der Waals surface area contributed by atoms with Crippen molar-refractivity contribution in [1.29, 1.82) is 0 Å². The molecule has 0 spiro atoms. The summed E-state index contributed by atoms with van der Waals surface area (Å²) >= 11 is 0. The lowest BCUT2D eigenvalue weighted by atomic mass is 10.2. The zero-order valence-electron chi connectivity index (χ0n) is 12.5. The highest BCUT2D eigenvalue weighted by Gasteiger charge is 2.17. The fraction of sp³-hybridized carbons (Fsp3) is 0.438. The molecule has 2 rings (SSSR count). The van der Waals surface area contributed by atoms with Gasteiger partial charge < -0.3 is 9.64 Å². The van der Waals surface area contributed by atoms with Crippen molar-refractivity contribution < 1.29 is 9.53 Å². The quantitative estimate of drug-likeness (QED) is 0.659. The number of carbonyl (C=O) groups is 1. The second kappa shape index (κ2) is 7.81. The first kappa shape index (κ1) is 15.5. The standard InChI is InChI=1S/C16H23N3O2/c1-2-13-21-15-6-4-3-5-14(15)7-8-16(20)18-9-11-19(17)12-10-18/h3-8H,2,9-13,17H2,1H3/b8-7+. The van der Waals surface area contributed by atoms with E-state index in [2.05, 4.69) is 6.92 Å². The molecule has 1 amide bonds. The molecule has 0 radical (unpaired) electrons. The number of hydrazine groups is 1. The van der Waals surface area contributed by atoms with E-state index in [0.717, 1.165) is 30.8 Å². The molecule has 1 aliphatic rings. The van der Waals surface area contributed by atoms with E-state index >= 15 is 0 Å². The molecule has 1 aromatic rings. The van der Waals surface area contributed by atoms with Crippen LogP contribution in [0.5, 0.6) is 5.75 Å². The number of carbonyl (C=O) groups excluding carboxylic acids is 1. The maximum absolute atomic E-state index is 12.1. The number of ether oxygens (including phenoxy) is 1. The van der Waals surface area contributed by atoms with E-state index in [1.807, 2.05) is 35.2 Å². The van der Waals surface area contributed by atoms with Gasteiger partial charge >= 0.3 is 0 Å². The van der Waals surface area contributed by atoms with Crippen LogP contribution < -0.4 is 10.6 Å². The van der Waals surface area contributed by atoms with Crippen LogP contribution in [0, 0.1) is 0 Å². The van der Waals surface area contributed by atoms with Gasteiger partial charge in [0.15, 0.2) is 0 Å². The van der Waals surface area contributed by atoms with Crippen molar-refractivity contribution in [2.75, 3.05) is 32.8 Å². The van der Waals surface area contributed by atoms with Gasteiger partial charge in [-0.25, -0.2) is 5.01 Å². The number of hydrogen-bond donors (Lipinski definition) is 1. The molecule has 1 aromatic carbocycles. The molecule has 0 bridgehead atoms. The van der Waals surface area contributed by atoms with Gasteiger partial charge in [-0.3, -0.25) is 10.6 Å². The average molecular weight is 289 g/mol. The van der Waals surface area contributed by atoms with Crippen molar-refractivity contribution in [2.24, 2.45) is 5.84 Å². The van der Waals surface area contributed by atoms with Crippen molar-refractivity contribution in [2.45, 2.75) is 13.3 Å². The molecular formula is C16H23N3O2. The van der Waals surface area contributed by atoms with Crippen LogP contribution in [0.15, 0.2) is 30.3 Å². The molecule has 1 heterocycles. The minimum absolute atomic E-state index is 0.0217. The molecule has 1 aliphatic heterocycles. The number of amides is 1. The minimum atomic E-state index is 0.0217. The van der Waals surface area contributed by atoms with E-state index in [4.69, 9.17) is 10.6 Å². The van der Waals surface area contributed by atoms with Gasteiger partial charge in [-0.1, -0.05) is 25.1 Å². The highest BCUT2D eigenvalue weighted by atomic mass is 16.5. The largest absolute Gasteiger partial charge is 0.493 e. The van der Waals surface area contributed by atoms with Gasteiger partial charge in [-0.05, 0) is 18.6 Å². The van der Waals surface area contributed by atoms with Gasteiger partial charge in [-0.2, -0.15) is 0 Å². The van der Waals surface area contributed by atoms with Crippen LogP contribution in [0.4, 0.5) is 0 Å². The van der Waals surface area contributed by atoms with Gasteiger partial charge in [0.05, 0.1) is 6.61 Å². The first-order valence-electron chi connectivity index (χ1n) is 7.39. The fourth-order valence-corrected chi connectivity index (χ4v) is 2.17. The van der Waals surface area contributed by atoms with E-state index in [1.54, 1.807) is 11.1 Å². The van der Waals surface area contributed by atoms with Crippen LogP contribution in [-0.2, 0) is 4.79 Å². The zero-order chi connectivity index (χ0) is 15.1. The number of para-hydroxylation sites is 1. The summed E-state index contributed by atoms with van der Waals surface area (Å²) in [6, 6.07) is 7.75. The van der Waals surface area contributed by atoms with Crippen molar-refractivity contribution in [1.82, 2.24) is 9.91 Å². The molecule has 0 atom stereocenters. The summed E-state index contributed by atoms with van der Waals surface area (Å²) in [5.74, 6) is 6.53. The Balaban J connectivity index is 1.98. The lowest BCUT2D eigenvalue weighted by Gasteiger charge is -2.31. The summed E-state index contributed by atoms with van der Waals surface area (Å²) in [5, 5.41) is 1.74. The maximum Gasteiger partial charge on any atom is 0.246 e. The van der Waals surface area contributed by atoms with Crippen LogP contribution >= 0.6 is 0 Å². The topological polar surface area (TPSA) is 58.8 Å². The fourth-order valence-electron chi connectivity index (χ4n) is 2.17. The van der Waals surface area contributed by atoms with E-state index in [9.17, 15) is 4.79 Å². The van der Waals surface area contributed by atoms with Crippen LogP contribution in [-0.4, -0.2) is 48.6 Å². The molecule has 114 valence electrons. The van der Waals surface area contributed by atoms with Gasteiger partial charge in [-0.15, -0.1) is 0 Å². The van der Waals surface area contributed by atoms with E-state index in [1.165, 1.54) is 0 Å². The molecule has 0 saturated carbocycles. The number of nitrogens with zero attached hydrogens (tertiary/aromatic N) is 2. The number of nitrogens with two attached hydrogens (primary N) is 1. The molecule has 1 saturated heterocycles. The summed E-state index contributed by atoms with van der Waals surface area (Å²) in [6.45, 7) is 5.53. The number of hydrogen-bond acceptors (Lipinski definition) is 4. The summed E-state index contributed by atoms with van der Waals surface area (Å²) in [5.41, 5.74) is 0.928. The summed E-state index contributed by atoms with van der Waals surface area (Å²) in [7, 11) is 0. The monoisotopic (exact) mass is 289 g/mol. The molecule has 0 aromatic heterocycles.